The molecular weight excluding hydrogens is 487 g/mol. The van der Waals surface area contributed by atoms with Crippen molar-refractivity contribution in [3.05, 3.63) is 59.9 Å². The number of hydrogen-bond acceptors (Lipinski definition) is 5. The van der Waals surface area contributed by atoms with Gasteiger partial charge in [0.05, 0.1) is 12.8 Å². The topological polar surface area (TPSA) is 99.3 Å². The average molecular weight is 523 g/mol. The molecule has 0 aliphatic rings. The summed E-state index contributed by atoms with van der Waals surface area (Å²) in [5, 5.41) is 2.81. The minimum atomic E-state index is -4.23. The summed E-state index contributed by atoms with van der Waals surface area (Å²) < 4.78 is 47.6. The highest BCUT2D eigenvalue weighted by Gasteiger charge is 2.33. The Labute approximate surface area is 213 Å². The predicted molar refractivity (Wildman–Crippen MR) is 137 cm³/mol. The SMILES string of the molecule is COc1ccc(CN(C(=O)CN(c2ccccc2F)S(=O)(=O)N(C)C)[C@@H](C)C(=O)NCC(C)C)cc1. The number of methoxy groups -OCH3 is 1. The molecule has 0 aliphatic carbocycles. The molecule has 11 heteroatoms. The van der Waals surface area contributed by atoms with E-state index in [4.69, 9.17) is 4.74 Å². The van der Waals surface area contributed by atoms with Crippen LogP contribution in [0.4, 0.5) is 10.1 Å². The van der Waals surface area contributed by atoms with Gasteiger partial charge in [0.25, 0.3) is 0 Å². The summed E-state index contributed by atoms with van der Waals surface area (Å²) in [5.74, 6) is -0.999. The Hall–Kier alpha value is -3.18. The van der Waals surface area contributed by atoms with Gasteiger partial charge < -0.3 is 15.0 Å². The van der Waals surface area contributed by atoms with Crippen LogP contribution in [0.25, 0.3) is 0 Å². The number of hydrogen-bond donors (Lipinski definition) is 1. The average Bonchev–Trinajstić information content (AvgIpc) is 2.84. The van der Waals surface area contributed by atoms with Crippen LogP contribution in [0, 0.1) is 11.7 Å². The summed E-state index contributed by atoms with van der Waals surface area (Å²) in [6.07, 6.45) is 0. The van der Waals surface area contributed by atoms with Crippen LogP contribution in [0.15, 0.2) is 48.5 Å². The van der Waals surface area contributed by atoms with Crippen LogP contribution in [-0.4, -0.2) is 69.8 Å². The van der Waals surface area contributed by atoms with E-state index in [2.05, 4.69) is 5.32 Å². The zero-order chi connectivity index (χ0) is 27.0. The van der Waals surface area contributed by atoms with Gasteiger partial charge in [-0.25, -0.2) is 8.70 Å². The number of anilines is 1. The van der Waals surface area contributed by atoms with E-state index in [0.717, 1.165) is 10.4 Å². The van der Waals surface area contributed by atoms with Crippen molar-refractivity contribution in [2.24, 2.45) is 5.92 Å². The van der Waals surface area contributed by atoms with Crippen LogP contribution in [0.2, 0.25) is 0 Å². The normalized spacial score (nSPS) is 12.4. The number of carbonyl (C=O) groups excluding carboxylic acids is 2. The van der Waals surface area contributed by atoms with E-state index >= 15 is 0 Å². The minimum absolute atomic E-state index is 0.0339. The van der Waals surface area contributed by atoms with Crippen LogP contribution in [0.3, 0.4) is 0 Å². The fourth-order valence-electron chi connectivity index (χ4n) is 3.32. The molecule has 0 saturated carbocycles. The molecule has 0 fully saturated rings. The number of benzene rings is 2. The first-order valence-corrected chi connectivity index (χ1v) is 12.9. The molecule has 0 saturated heterocycles. The van der Waals surface area contributed by atoms with E-state index < -0.39 is 34.5 Å². The number of nitrogens with one attached hydrogen (secondary N) is 1. The fraction of sp³-hybridized carbons (Fsp3) is 0.440. The molecule has 36 heavy (non-hydrogen) atoms. The van der Waals surface area contributed by atoms with Gasteiger partial charge in [0, 0.05) is 27.2 Å². The standard InChI is InChI=1S/C25H35FN4O5S/c1-18(2)15-27-25(32)19(3)29(16-20-11-13-21(35-6)14-12-20)24(31)17-30(36(33,34)28(4)5)23-10-8-7-9-22(23)26/h7-14,18-19H,15-17H2,1-6H3,(H,27,32)/t19-/m0/s1. The highest BCUT2D eigenvalue weighted by Crippen LogP contribution is 2.24. The van der Waals surface area contributed by atoms with Crippen LogP contribution in [-0.2, 0) is 26.3 Å². The Balaban J connectivity index is 2.44. The Morgan fingerprint density at radius 2 is 1.64 bits per heavy atom. The third kappa shape index (κ3) is 7.41. The molecule has 9 nitrogen and oxygen atoms in total. The van der Waals surface area contributed by atoms with Crippen LogP contribution < -0.4 is 14.4 Å². The Morgan fingerprint density at radius 1 is 1.03 bits per heavy atom. The lowest BCUT2D eigenvalue weighted by Gasteiger charge is -2.33. The van der Waals surface area contributed by atoms with E-state index in [-0.39, 0.29) is 24.1 Å². The molecule has 2 aromatic carbocycles. The van der Waals surface area contributed by atoms with Gasteiger partial charge in [-0.1, -0.05) is 38.1 Å². The molecule has 0 unspecified atom stereocenters. The first kappa shape index (κ1) is 29.1. The second kappa shape index (κ2) is 12.7. The van der Waals surface area contributed by atoms with Crippen molar-refractivity contribution in [2.45, 2.75) is 33.4 Å². The van der Waals surface area contributed by atoms with Crippen molar-refractivity contribution < 1.29 is 27.1 Å². The lowest BCUT2D eigenvalue weighted by molar-refractivity contribution is -0.139. The van der Waals surface area contributed by atoms with Crippen molar-refractivity contribution in [2.75, 3.05) is 38.6 Å². The number of para-hydroxylation sites is 1. The molecule has 2 aromatic rings. The molecule has 2 rings (SSSR count). The number of carbonyl (C=O) groups is 2. The van der Waals surface area contributed by atoms with Gasteiger partial charge in [0.1, 0.15) is 24.2 Å². The molecule has 0 heterocycles. The van der Waals surface area contributed by atoms with E-state index in [1.807, 2.05) is 13.8 Å². The van der Waals surface area contributed by atoms with E-state index in [1.54, 1.807) is 31.2 Å². The number of nitrogens with zero attached hydrogens (tertiary/aromatic N) is 3. The molecule has 2 amide bonds. The summed E-state index contributed by atoms with van der Waals surface area (Å²) in [5.41, 5.74) is 0.446. The molecule has 0 bridgehead atoms. The molecule has 198 valence electrons. The van der Waals surface area contributed by atoms with Gasteiger partial charge in [-0.3, -0.25) is 9.59 Å². The monoisotopic (exact) mass is 522 g/mol. The van der Waals surface area contributed by atoms with Crippen LogP contribution >= 0.6 is 0 Å². The van der Waals surface area contributed by atoms with Gasteiger partial charge in [-0.15, -0.1) is 0 Å². The third-order valence-electron chi connectivity index (χ3n) is 5.50. The van der Waals surface area contributed by atoms with E-state index in [0.29, 0.717) is 22.2 Å². The highest BCUT2D eigenvalue weighted by molar-refractivity contribution is 7.90. The summed E-state index contributed by atoms with van der Waals surface area (Å²) in [6, 6.07) is 11.4. The summed E-state index contributed by atoms with van der Waals surface area (Å²) in [7, 11) is -0.101. The van der Waals surface area contributed by atoms with Crippen molar-refractivity contribution >= 4 is 27.7 Å². The second-order valence-corrected chi connectivity index (χ2v) is 11.0. The maximum atomic E-state index is 14.6. The van der Waals surface area contributed by atoms with Crippen molar-refractivity contribution in [3.8, 4) is 5.75 Å². The maximum absolute atomic E-state index is 14.6. The molecule has 0 aliphatic heterocycles. The molecule has 0 aromatic heterocycles. The Kier molecular flexibility index (Phi) is 10.2. The predicted octanol–water partition coefficient (Wildman–Crippen LogP) is 2.64. The number of rotatable bonds is 12. The minimum Gasteiger partial charge on any atom is -0.497 e. The first-order chi connectivity index (χ1) is 16.9. The number of ether oxygens (including phenoxy) is 1. The second-order valence-electron chi connectivity index (χ2n) is 8.93. The molecular formula is C25H35FN4O5S. The number of halogens is 1. The molecule has 1 N–H and O–H groups in total. The quantitative estimate of drug-likeness (QED) is 0.462. The fourth-order valence-corrected chi connectivity index (χ4v) is 4.38. The van der Waals surface area contributed by atoms with Gasteiger partial charge in [0.2, 0.25) is 11.8 Å². The van der Waals surface area contributed by atoms with Crippen molar-refractivity contribution in [3.63, 3.8) is 0 Å². The summed E-state index contributed by atoms with van der Waals surface area (Å²) in [6.45, 7) is 5.23. The molecule has 0 radical (unpaired) electrons. The maximum Gasteiger partial charge on any atom is 0.304 e. The summed E-state index contributed by atoms with van der Waals surface area (Å²) >= 11 is 0. The van der Waals surface area contributed by atoms with Crippen LogP contribution in [0.1, 0.15) is 26.3 Å². The zero-order valence-electron chi connectivity index (χ0n) is 21.6. The van der Waals surface area contributed by atoms with Gasteiger partial charge in [-0.2, -0.15) is 12.7 Å². The van der Waals surface area contributed by atoms with Gasteiger partial charge >= 0.3 is 10.2 Å². The largest absolute Gasteiger partial charge is 0.497 e. The van der Waals surface area contributed by atoms with E-state index in [9.17, 15) is 22.4 Å². The third-order valence-corrected chi connectivity index (χ3v) is 7.31. The Bertz CT molecular complexity index is 1140. The van der Waals surface area contributed by atoms with Crippen molar-refractivity contribution in [1.29, 1.82) is 0 Å². The zero-order valence-corrected chi connectivity index (χ0v) is 22.4. The Morgan fingerprint density at radius 3 is 2.17 bits per heavy atom. The summed E-state index contributed by atoms with van der Waals surface area (Å²) in [4.78, 5) is 27.8. The lowest BCUT2D eigenvalue weighted by Crippen LogP contribution is -2.52. The molecule has 0 spiro atoms. The van der Waals surface area contributed by atoms with Crippen LogP contribution in [0.5, 0.6) is 5.75 Å². The lowest BCUT2D eigenvalue weighted by atomic mass is 10.1. The van der Waals surface area contributed by atoms with Crippen molar-refractivity contribution in [1.82, 2.24) is 14.5 Å². The first-order valence-electron chi connectivity index (χ1n) is 11.5. The van der Waals surface area contributed by atoms with Gasteiger partial charge in [0.15, 0.2) is 0 Å². The smallest absolute Gasteiger partial charge is 0.304 e. The van der Waals surface area contributed by atoms with Gasteiger partial charge in [-0.05, 0) is 42.7 Å². The number of amides is 2. The molecule has 1 atom stereocenters. The van der Waals surface area contributed by atoms with E-state index in [1.165, 1.54) is 44.3 Å². The highest BCUT2D eigenvalue weighted by atomic mass is 32.2.